The van der Waals surface area contributed by atoms with E-state index in [0.29, 0.717) is 22.9 Å². The number of fused-ring (bicyclic) bond motifs is 1. The SMILES string of the molecule is CCCCCc1ccc(-c2cc3ccc(OCCC(F)C(F)CC[Si](C)(OC)OC)cc3oc2=O)c(CC)c1. The van der Waals surface area contributed by atoms with Crippen LogP contribution in [0.15, 0.2) is 51.7 Å². The van der Waals surface area contributed by atoms with Crippen LogP contribution in [0.4, 0.5) is 8.78 Å². The van der Waals surface area contributed by atoms with E-state index in [1.165, 1.54) is 32.6 Å². The number of hydrogen-bond acceptors (Lipinski definition) is 5. The Labute approximate surface area is 231 Å². The Morgan fingerprint density at radius 3 is 2.36 bits per heavy atom. The maximum atomic E-state index is 14.4. The minimum absolute atomic E-state index is 0.00310. The lowest BCUT2D eigenvalue weighted by Gasteiger charge is -2.24. The van der Waals surface area contributed by atoms with Gasteiger partial charge in [0.15, 0.2) is 0 Å². The maximum absolute atomic E-state index is 14.4. The topological polar surface area (TPSA) is 57.9 Å². The van der Waals surface area contributed by atoms with Gasteiger partial charge >= 0.3 is 14.2 Å². The summed E-state index contributed by atoms with van der Waals surface area (Å²) in [7, 11) is 0.631. The van der Waals surface area contributed by atoms with E-state index in [1.807, 2.05) is 24.7 Å². The standard InChI is InChI=1S/C31H42F2O5Si/c1-6-8-9-10-22-11-14-26(23(7-2)19-22)27-20-24-12-13-25(21-30(24)38-31(27)34)37-17-15-28(32)29(33)16-18-39(5,35-3)36-4/h11-14,19-21,28-29H,6-10,15-18H2,1-5H3. The van der Waals surface area contributed by atoms with E-state index in [2.05, 4.69) is 26.0 Å². The zero-order valence-corrected chi connectivity index (χ0v) is 24.9. The summed E-state index contributed by atoms with van der Waals surface area (Å²) in [4.78, 5) is 12.9. The van der Waals surface area contributed by atoms with Crippen LogP contribution in [0.25, 0.3) is 22.1 Å². The van der Waals surface area contributed by atoms with E-state index >= 15 is 0 Å². The van der Waals surface area contributed by atoms with Crippen molar-refractivity contribution in [3.63, 3.8) is 0 Å². The molecule has 0 N–H and O–H groups in total. The van der Waals surface area contributed by atoms with Crippen molar-refractivity contribution in [3.05, 3.63) is 64.0 Å². The molecule has 0 spiro atoms. The second-order valence-electron chi connectivity index (χ2n) is 10.2. The number of halogens is 2. The molecule has 2 aromatic carbocycles. The number of alkyl halides is 2. The zero-order chi connectivity index (χ0) is 28.4. The van der Waals surface area contributed by atoms with Crippen LogP contribution < -0.4 is 10.4 Å². The average Bonchev–Trinajstić information content (AvgIpc) is 2.95. The van der Waals surface area contributed by atoms with Crippen molar-refractivity contribution in [1.82, 2.24) is 0 Å². The molecule has 0 fully saturated rings. The van der Waals surface area contributed by atoms with Gasteiger partial charge in [-0.05, 0) is 73.2 Å². The van der Waals surface area contributed by atoms with Gasteiger partial charge in [0.25, 0.3) is 0 Å². The zero-order valence-electron chi connectivity index (χ0n) is 23.9. The molecule has 1 heterocycles. The molecule has 3 aromatic rings. The molecule has 0 aliphatic heterocycles. The van der Waals surface area contributed by atoms with Crippen molar-refractivity contribution in [2.75, 3.05) is 20.8 Å². The third kappa shape index (κ3) is 8.46. The molecule has 2 unspecified atom stereocenters. The molecule has 39 heavy (non-hydrogen) atoms. The van der Waals surface area contributed by atoms with Crippen molar-refractivity contribution in [2.45, 2.75) is 83.7 Å². The number of benzene rings is 2. The average molecular weight is 561 g/mol. The molecule has 3 rings (SSSR count). The van der Waals surface area contributed by atoms with Gasteiger partial charge in [-0.1, -0.05) is 44.9 Å². The Hall–Kier alpha value is -2.55. The minimum Gasteiger partial charge on any atom is -0.493 e. The van der Waals surface area contributed by atoms with Crippen LogP contribution in [-0.2, 0) is 21.7 Å². The molecule has 5 nitrogen and oxygen atoms in total. The van der Waals surface area contributed by atoms with E-state index in [-0.39, 0.29) is 19.4 Å². The molecule has 0 saturated carbocycles. The first kappa shape index (κ1) is 31.0. The molecule has 0 aliphatic carbocycles. The fourth-order valence-electron chi connectivity index (χ4n) is 4.64. The highest BCUT2D eigenvalue weighted by atomic mass is 28.4. The second kappa shape index (κ2) is 14.7. The van der Waals surface area contributed by atoms with Crippen LogP contribution >= 0.6 is 0 Å². The number of unbranched alkanes of at least 4 members (excludes halogenated alkanes) is 2. The Bertz CT molecular complexity index is 1260. The molecule has 8 heteroatoms. The van der Waals surface area contributed by atoms with Gasteiger partial charge in [0, 0.05) is 32.1 Å². The van der Waals surface area contributed by atoms with E-state index in [9.17, 15) is 13.6 Å². The van der Waals surface area contributed by atoms with Gasteiger partial charge in [-0.2, -0.15) is 0 Å². The van der Waals surface area contributed by atoms with Gasteiger partial charge < -0.3 is 18.0 Å². The van der Waals surface area contributed by atoms with Crippen LogP contribution in [-0.4, -0.2) is 41.7 Å². The summed E-state index contributed by atoms with van der Waals surface area (Å²) in [6.45, 7) is 6.11. The smallest absolute Gasteiger partial charge is 0.344 e. The third-order valence-corrected chi connectivity index (χ3v) is 10.3. The summed E-state index contributed by atoms with van der Waals surface area (Å²) in [6, 6.07) is 13.7. The van der Waals surface area contributed by atoms with Gasteiger partial charge in [0.05, 0.1) is 12.2 Å². The molecule has 214 valence electrons. The Kier molecular flexibility index (Phi) is 11.7. The highest BCUT2D eigenvalue weighted by Gasteiger charge is 2.31. The lowest BCUT2D eigenvalue weighted by molar-refractivity contribution is 0.130. The van der Waals surface area contributed by atoms with Crippen molar-refractivity contribution in [3.8, 4) is 16.9 Å². The maximum Gasteiger partial charge on any atom is 0.344 e. The first-order chi connectivity index (χ1) is 18.7. The number of aryl methyl sites for hydroxylation is 2. The number of hydrogen-bond donors (Lipinski definition) is 0. The van der Waals surface area contributed by atoms with Crippen molar-refractivity contribution in [1.29, 1.82) is 0 Å². The van der Waals surface area contributed by atoms with Gasteiger partial charge in [0.1, 0.15) is 23.7 Å². The summed E-state index contributed by atoms with van der Waals surface area (Å²) in [5.41, 5.74) is 3.80. The summed E-state index contributed by atoms with van der Waals surface area (Å²) < 4.78 is 50.7. The molecule has 2 atom stereocenters. The fourth-order valence-corrected chi connectivity index (χ4v) is 6.02. The molecule has 0 saturated heterocycles. The van der Waals surface area contributed by atoms with Crippen LogP contribution in [0.5, 0.6) is 5.75 Å². The first-order valence-corrected chi connectivity index (χ1v) is 16.5. The van der Waals surface area contributed by atoms with Crippen LogP contribution in [0.3, 0.4) is 0 Å². The first-order valence-electron chi connectivity index (χ1n) is 13.9. The summed E-state index contributed by atoms with van der Waals surface area (Å²) in [5, 5.41) is 0.765. The largest absolute Gasteiger partial charge is 0.493 e. The van der Waals surface area contributed by atoms with Crippen molar-refractivity contribution < 1.29 is 26.8 Å². The fraction of sp³-hybridized carbons (Fsp3) is 0.516. The molecule has 0 aliphatic rings. The molecule has 1 aromatic heterocycles. The van der Waals surface area contributed by atoms with Gasteiger partial charge in [-0.25, -0.2) is 13.6 Å². The molecular weight excluding hydrogens is 518 g/mol. The highest BCUT2D eigenvalue weighted by Crippen LogP contribution is 2.28. The second-order valence-corrected chi connectivity index (χ2v) is 13.8. The van der Waals surface area contributed by atoms with Crippen LogP contribution in [0.1, 0.15) is 57.1 Å². The van der Waals surface area contributed by atoms with Crippen molar-refractivity contribution >= 4 is 19.5 Å². The quantitative estimate of drug-likeness (QED) is 0.101. The van der Waals surface area contributed by atoms with E-state index in [0.717, 1.165) is 35.8 Å². The Morgan fingerprint density at radius 2 is 1.67 bits per heavy atom. The third-order valence-electron chi connectivity index (χ3n) is 7.41. The lowest BCUT2D eigenvalue weighted by atomic mass is 9.94. The molecule has 0 amide bonds. The Morgan fingerprint density at radius 1 is 0.923 bits per heavy atom. The highest BCUT2D eigenvalue weighted by molar-refractivity contribution is 6.65. The number of ether oxygens (including phenoxy) is 1. The van der Waals surface area contributed by atoms with Crippen LogP contribution in [0.2, 0.25) is 12.6 Å². The number of rotatable bonds is 16. The van der Waals surface area contributed by atoms with Crippen LogP contribution in [0, 0.1) is 0 Å². The van der Waals surface area contributed by atoms with Gasteiger partial charge in [-0.15, -0.1) is 0 Å². The van der Waals surface area contributed by atoms with Gasteiger partial charge in [-0.3, -0.25) is 0 Å². The van der Waals surface area contributed by atoms with E-state index < -0.39 is 26.5 Å². The summed E-state index contributed by atoms with van der Waals surface area (Å²) in [6.07, 6.45) is 2.09. The van der Waals surface area contributed by atoms with Gasteiger partial charge in [0.2, 0.25) is 0 Å². The predicted molar refractivity (Wildman–Crippen MR) is 155 cm³/mol. The predicted octanol–water partition coefficient (Wildman–Crippen LogP) is 7.96. The monoisotopic (exact) mass is 560 g/mol. The molecular formula is C31H42F2O5Si. The van der Waals surface area contributed by atoms with E-state index in [1.54, 1.807) is 12.1 Å². The lowest BCUT2D eigenvalue weighted by Crippen LogP contribution is -2.37. The Balaban J connectivity index is 1.65. The molecule has 0 radical (unpaired) electrons. The molecule has 0 bridgehead atoms. The normalized spacial score (nSPS) is 13.5. The summed E-state index contributed by atoms with van der Waals surface area (Å²) in [5.74, 6) is 0.436. The van der Waals surface area contributed by atoms with E-state index in [4.69, 9.17) is 18.0 Å². The van der Waals surface area contributed by atoms with Crippen molar-refractivity contribution in [2.24, 2.45) is 0 Å². The minimum atomic E-state index is -2.44. The summed E-state index contributed by atoms with van der Waals surface area (Å²) >= 11 is 0.